The molecule has 1 saturated heterocycles. The molecule has 4 rings (SSSR count). The SMILES string of the molecule is N#Cc1c(C2CCOC2)cc(-c2cnn(-c3ccccc3F)c2)nc1N. The fourth-order valence-corrected chi connectivity index (χ4v) is 3.18. The zero-order valence-corrected chi connectivity index (χ0v) is 13.9. The zero-order valence-electron chi connectivity index (χ0n) is 13.9. The van der Waals surface area contributed by atoms with Gasteiger partial charge in [0.25, 0.3) is 0 Å². The number of nitrogens with zero attached hydrogens (tertiary/aromatic N) is 4. The summed E-state index contributed by atoms with van der Waals surface area (Å²) < 4.78 is 20.9. The average Bonchev–Trinajstić information content (AvgIpc) is 3.33. The van der Waals surface area contributed by atoms with Gasteiger partial charge < -0.3 is 10.5 Å². The lowest BCUT2D eigenvalue weighted by Crippen LogP contribution is -2.06. The van der Waals surface area contributed by atoms with E-state index in [0.29, 0.717) is 35.7 Å². The van der Waals surface area contributed by atoms with E-state index >= 15 is 0 Å². The number of aromatic nitrogens is 3. The van der Waals surface area contributed by atoms with E-state index in [9.17, 15) is 9.65 Å². The van der Waals surface area contributed by atoms with Crippen molar-refractivity contribution >= 4 is 5.82 Å². The second kappa shape index (κ2) is 6.58. The molecule has 0 amide bonds. The lowest BCUT2D eigenvalue weighted by Gasteiger charge is -2.13. The van der Waals surface area contributed by atoms with E-state index in [4.69, 9.17) is 10.5 Å². The summed E-state index contributed by atoms with van der Waals surface area (Å²) in [5.41, 5.74) is 8.90. The van der Waals surface area contributed by atoms with Crippen LogP contribution in [0.3, 0.4) is 0 Å². The van der Waals surface area contributed by atoms with Gasteiger partial charge in [-0.15, -0.1) is 0 Å². The molecule has 2 aromatic heterocycles. The van der Waals surface area contributed by atoms with Crippen LogP contribution in [-0.4, -0.2) is 28.0 Å². The molecule has 0 radical (unpaired) electrons. The minimum Gasteiger partial charge on any atom is -0.383 e. The molecule has 1 fully saturated rings. The van der Waals surface area contributed by atoms with Crippen molar-refractivity contribution in [2.24, 2.45) is 0 Å². The van der Waals surface area contributed by atoms with Gasteiger partial charge in [0.1, 0.15) is 23.4 Å². The Morgan fingerprint density at radius 2 is 2.19 bits per heavy atom. The molecule has 7 heteroatoms. The van der Waals surface area contributed by atoms with Gasteiger partial charge in [-0.05, 0) is 30.2 Å². The minimum absolute atomic E-state index is 0.121. The first kappa shape index (κ1) is 16.2. The van der Waals surface area contributed by atoms with Gasteiger partial charge in [-0.1, -0.05) is 12.1 Å². The van der Waals surface area contributed by atoms with Gasteiger partial charge in [-0.25, -0.2) is 14.1 Å². The first-order valence-corrected chi connectivity index (χ1v) is 8.25. The van der Waals surface area contributed by atoms with Crippen molar-refractivity contribution in [3.63, 3.8) is 0 Å². The van der Waals surface area contributed by atoms with Gasteiger partial charge >= 0.3 is 0 Å². The largest absolute Gasteiger partial charge is 0.383 e. The van der Waals surface area contributed by atoms with Crippen LogP contribution in [-0.2, 0) is 4.74 Å². The number of rotatable bonds is 3. The van der Waals surface area contributed by atoms with Gasteiger partial charge in [-0.3, -0.25) is 0 Å². The second-order valence-corrected chi connectivity index (χ2v) is 6.15. The quantitative estimate of drug-likeness (QED) is 0.785. The highest BCUT2D eigenvalue weighted by Crippen LogP contribution is 2.33. The number of benzene rings is 1. The Hall–Kier alpha value is -3.24. The lowest BCUT2D eigenvalue weighted by atomic mass is 9.93. The number of nitrogens with two attached hydrogens (primary N) is 1. The van der Waals surface area contributed by atoms with E-state index < -0.39 is 0 Å². The molecule has 1 aliphatic rings. The Bertz CT molecular complexity index is 1000. The van der Waals surface area contributed by atoms with Gasteiger partial charge in [0.15, 0.2) is 0 Å². The summed E-state index contributed by atoms with van der Waals surface area (Å²) in [6.07, 6.45) is 4.14. The number of pyridine rings is 1. The van der Waals surface area contributed by atoms with Crippen LogP contribution < -0.4 is 5.73 Å². The number of nitrogen functional groups attached to an aromatic ring is 1. The molecule has 0 saturated carbocycles. The van der Waals surface area contributed by atoms with Crippen LogP contribution in [0.2, 0.25) is 0 Å². The third kappa shape index (κ3) is 2.80. The summed E-state index contributed by atoms with van der Waals surface area (Å²) in [6, 6.07) is 10.4. The Kier molecular flexibility index (Phi) is 4.11. The van der Waals surface area contributed by atoms with E-state index in [1.165, 1.54) is 10.7 Å². The van der Waals surface area contributed by atoms with Crippen LogP contribution in [0.1, 0.15) is 23.5 Å². The van der Waals surface area contributed by atoms with Crippen molar-refractivity contribution in [3.05, 3.63) is 59.7 Å². The summed E-state index contributed by atoms with van der Waals surface area (Å²) in [5.74, 6) is -0.0564. The van der Waals surface area contributed by atoms with E-state index in [0.717, 1.165) is 12.0 Å². The predicted octanol–water partition coefficient (Wildman–Crippen LogP) is 3.03. The first-order valence-electron chi connectivity index (χ1n) is 8.25. The molecule has 1 aliphatic heterocycles. The second-order valence-electron chi connectivity index (χ2n) is 6.15. The van der Waals surface area contributed by atoms with Crippen molar-refractivity contribution < 1.29 is 9.13 Å². The lowest BCUT2D eigenvalue weighted by molar-refractivity contribution is 0.194. The molecule has 3 aromatic rings. The normalized spacial score (nSPS) is 16.5. The van der Waals surface area contributed by atoms with E-state index in [1.54, 1.807) is 30.6 Å². The predicted molar refractivity (Wildman–Crippen MR) is 94.1 cm³/mol. The van der Waals surface area contributed by atoms with E-state index in [2.05, 4.69) is 16.2 Å². The van der Waals surface area contributed by atoms with Gasteiger partial charge in [0.05, 0.1) is 24.1 Å². The molecule has 1 aromatic carbocycles. The number of hydrogen-bond acceptors (Lipinski definition) is 5. The van der Waals surface area contributed by atoms with Crippen molar-refractivity contribution in [2.75, 3.05) is 18.9 Å². The third-order valence-electron chi connectivity index (χ3n) is 4.54. The number of halogens is 1. The molecular formula is C19H16FN5O. The fraction of sp³-hybridized carbons (Fsp3) is 0.211. The minimum atomic E-state index is -0.363. The highest BCUT2D eigenvalue weighted by atomic mass is 19.1. The molecule has 26 heavy (non-hydrogen) atoms. The highest BCUT2D eigenvalue weighted by Gasteiger charge is 2.24. The number of para-hydroxylation sites is 1. The Morgan fingerprint density at radius 1 is 1.35 bits per heavy atom. The maximum absolute atomic E-state index is 14.0. The number of nitriles is 1. The Balaban J connectivity index is 1.77. The Morgan fingerprint density at radius 3 is 2.92 bits per heavy atom. The summed E-state index contributed by atoms with van der Waals surface area (Å²) in [4.78, 5) is 4.34. The van der Waals surface area contributed by atoms with Crippen molar-refractivity contribution in [2.45, 2.75) is 12.3 Å². The smallest absolute Gasteiger partial charge is 0.148 e. The van der Waals surface area contributed by atoms with Gasteiger partial charge in [0, 0.05) is 24.3 Å². The monoisotopic (exact) mass is 349 g/mol. The molecule has 1 atom stereocenters. The van der Waals surface area contributed by atoms with Crippen LogP contribution in [0.25, 0.3) is 16.9 Å². The molecule has 6 nitrogen and oxygen atoms in total. The summed E-state index contributed by atoms with van der Waals surface area (Å²) in [5, 5.41) is 13.7. The van der Waals surface area contributed by atoms with Crippen molar-refractivity contribution in [3.8, 4) is 23.0 Å². The van der Waals surface area contributed by atoms with Crippen LogP contribution in [0.5, 0.6) is 0 Å². The van der Waals surface area contributed by atoms with Crippen LogP contribution in [0.4, 0.5) is 10.2 Å². The number of ether oxygens (including phenoxy) is 1. The van der Waals surface area contributed by atoms with Crippen molar-refractivity contribution in [1.29, 1.82) is 5.26 Å². The van der Waals surface area contributed by atoms with Gasteiger partial charge in [-0.2, -0.15) is 10.4 Å². The van der Waals surface area contributed by atoms with E-state index in [-0.39, 0.29) is 17.6 Å². The summed E-state index contributed by atoms with van der Waals surface area (Å²) in [6.45, 7) is 1.23. The van der Waals surface area contributed by atoms with Crippen LogP contribution in [0, 0.1) is 17.1 Å². The molecule has 3 heterocycles. The van der Waals surface area contributed by atoms with Crippen LogP contribution in [0.15, 0.2) is 42.7 Å². The number of anilines is 1. The molecular weight excluding hydrogens is 333 g/mol. The maximum Gasteiger partial charge on any atom is 0.148 e. The topological polar surface area (TPSA) is 89.8 Å². The maximum atomic E-state index is 14.0. The zero-order chi connectivity index (χ0) is 18.1. The molecule has 1 unspecified atom stereocenters. The highest BCUT2D eigenvalue weighted by molar-refractivity contribution is 5.66. The molecule has 0 spiro atoms. The van der Waals surface area contributed by atoms with Crippen molar-refractivity contribution in [1.82, 2.24) is 14.8 Å². The molecule has 0 bridgehead atoms. The summed E-state index contributed by atoms with van der Waals surface area (Å²) in [7, 11) is 0. The van der Waals surface area contributed by atoms with E-state index in [1.807, 2.05) is 6.07 Å². The van der Waals surface area contributed by atoms with Crippen LogP contribution >= 0.6 is 0 Å². The molecule has 2 N–H and O–H groups in total. The standard InChI is InChI=1S/C19H16FN5O/c20-16-3-1-2-4-18(16)25-10-13(9-23-25)17-7-14(12-5-6-26-11-12)15(8-21)19(22)24-17/h1-4,7,9-10,12H,5-6,11H2,(H2,22,24). The Labute approximate surface area is 149 Å². The van der Waals surface area contributed by atoms with Gasteiger partial charge in [0.2, 0.25) is 0 Å². The summed E-state index contributed by atoms with van der Waals surface area (Å²) >= 11 is 0. The first-order chi connectivity index (χ1) is 12.7. The molecule has 130 valence electrons. The number of hydrogen-bond donors (Lipinski definition) is 1. The third-order valence-corrected chi connectivity index (χ3v) is 4.54. The average molecular weight is 349 g/mol. The fourth-order valence-electron chi connectivity index (χ4n) is 3.18. The molecule has 0 aliphatic carbocycles.